The zero-order valence-corrected chi connectivity index (χ0v) is 16.0. The number of carbonyl (C=O) groups is 1. The molecule has 2 N–H and O–H groups in total. The molecule has 2 aromatic rings. The van der Waals surface area contributed by atoms with Gasteiger partial charge < -0.3 is 15.4 Å². The van der Waals surface area contributed by atoms with Crippen LogP contribution in [0.25, 0.3) is 0 Å². The van der Waals surface area contributed by atoms with E-state index in [2.05, 4.69) is 15.0 Å². The first kappa shape index (κ1) is 20.4. The largest absolute Gasteiger partial charge is 0.465 e. The molecule has 0 saturated carbocycles. The van der Waals surface area contributed by atoms with Crippen molar-refractivity contribution in [3.8, 4) is 0 Å². The Kier molecular flexibility index (Phi) is 6.88. The van der Waals surface area contributed by atoms with Crippen LogP contribution < -0.4 is 10.6 Å². The van der Waals surface area contributed by atoms with Crippen molar-refractivity contribution in [2.45, 2.75) is 25.5 Å². The number of esters is 1. The second kappa shape index (κ2) is 9.12. The summed E-state index contributed by atoms with van der Waals surface area (Å²) >= 11 is 1.19. The number of thioether (sulfide) groups is 1. The third kappa shape index (κ3) is 5.26. The number of nitrogen functional groups attached to an aromatic ring is 1. The molecule has 144 valence electrons. The van der Waals surface area contributed by atoms with E-state index in [0.717, 1.165) is 11.3 Å². The second-order valence-corrected chi connectivity index (χ2v) is 6.27. The van der Waals surface area contributed by atoms with Crippen LogP contribution in [-0.4, -0.2) is 45.3 Å². The molecule has 2 heterocycles. The summed E-state index contributed by atoms with van der Waals surface area (Å²) in [5.74, 6) is -0.828. The fraction of sp³-hybridized carbons (Fsp3) is 0.375. The number of anilines is 2. The predicted octanol–water partition coefficient (Wildman–Crippen LogP) is 1.96. The molecular weight excluding hydrogens is 372 g/mol. The van der Waals surface area contributed by atoms with Crippen molar-refractivity contribution in [1.29, 1.82) is 0 Å². The van der Waals surface area contributed by atoms with Crippen LogP contribution in [0.3, 0.4) is 0 Å². The summed E-state index contributed by atoms with van der Waals surface area (Å²) in [5.41, 5.74) is 6.91. The highest BCUT2D eigenvalue weighted by molar-refractivity contribution is 7.98. The zero-order valence-electron chi connectivity index (χ0n) is 15.2. The summed E-state index contributed by atoms with van der Waals surface area (Å²) in [7, 11) is 0. The number of nitrogens with two attached hydrogens (primary N) is 1. The van der Waals surface area contributed by atoms with Crippen LogP contribution in [0.15, 0.2) is 23.5 Å². The molecule has 0 unspecified atom stereocenters. The highest BCUT2D eigenvalue weighted by atomic mass is 32.2. The van der Waals surface area contributed by atoms with Crippen molar-refractivity contribution >= 4 is 35.1 Å². The average Bonchev–Trinajstić information content (AvgIpc) is 2.62. The Balaban J connectivity index is 2.51. The van der Waals surface area contributed by atoms with Crippen LogP contribution in [0.4, 0.5) is 17.3 Å². The second-order valence-electron chi connectivity index (χ2n) is 5.49. The first-order valence-corrected chi connectivity index (χ1v) is 9.26. The van der Waals surface area contributed by atoms with Gasteiger partial charge in [-0.3, -0.25) is 19.9 Å². The van der Waals surface area contributed by atoms with E-state index in [9.17, 15) is 14.9 Å². The van der Waals surface area contributed by atoms with E-state index in [1.54, 1.807) is 19.4 Å². The van der Waals surface area contributed by atoms with E-state index in [1.165, 1.54) is 16.7 Å². The van der Waals surface area contributed by atoms with Gasteiger partial charge in [0.1, 0.15) is 6.54 Å². The van der Waals surface area contributed by atoms with Gasteiger partial charge in [0, 0.05) is 18.4 Å². The van der Waals surface area contributed by atoms with Crippen molar-refractivity contribution in [2.75, 3.05) is 30.0 Å². The summed E-state index contributed by atoms with van der Waals surface area (Å²) in [6.45, 7) is 3.66. The van der Waals surface area contributed by atoms with Crippen LogP contribution in [-0.2, 0) is 16.1 Å². The van der Waals surface area contributed by atoms with Crippen LogP contribution in [0.5, 0.6) is 0 Å². The molecule has 27 heavy (non-hydrogen) atoms. The Hall–Kier alpha value is -2.95. The van der Waals surface area contributed by atoms with Crippen LogP contribution in [0.1, 0.15) is 18.2 Å². The molecule has 0 aliphatic rings. The molecule has 0 aliphatic heterocycles. The van der Waals surface area contributed by atoms with Gasteiger partial charge in [0.2, 0.25) is 11.6 Å². The van der Waals surface area contributed by atoms with E-state index in [4.69, 9.17) is 10.5 Å². The highest BCUT2D eigenvalue weighted by Crippen LogP contribution is 2.33. The van der Waals surface area contributed by atoms with Crippen molar-refractivity contribution in [1.82, 2.24) is 15.0 Å². The standard InChI is InChI=1S/C16H20N6O4S/c1-4-26-12(23)9-21(8-11-6-5-10(2)18-7-11)15-13(22(24)25)14(17)19-16(20-15)27-3/h5-7H,4,8-9H2,1-3H3,(H2,17,19,20). The normalized spacial score (nSPS) is 10.5. The molecule has 2 aromatic heterocycles. The number of aryl methyl sites for hydroxylation is 1. The fourth-order valence-electron chi connectivity index (χ4n) is 2.31. The van der Waals surface area contributed by atoms with Gasteiger partial charge in [0.15, 0.2) is 5.16 Å². The number of hydrogen-bond donors (Lipinski definition) is 1. The Bertz CT molecular complexity index is 830. The van der Waals surface area contributed by atoms with Gasteiger partial charge in [0.25, 0.3) is 0 Å². The van der Waals surface area contributed by atoms with E-state index in [-0.39, 0.29) is 36.5 Å². The molecule has 10 nitrogen and oxygen atoms in total. The molecule has 0 aliphatic carbocycles. The number of carbonyl (C=O) groups excluding carboxylic acids is 1. The maximum atomic E-state index is 12.1. The molecule has 0 aromatic carbocycles. The highest BCUT2D eigenvalue weighted by Gasteiger charge is 2.29. The molecule has 2 rings (SSSR count). The van der Waals surface area contributed by atoms with Crippen molar-refractivity contribution in [3.05, 3.63) is 39.7 Å². The van der Waals surface area contributed by atoms with Crippen molar-refractivity contribution < 1.29 is 14.5 Å². The molecule has 0 saturated heterocycles. The number of ether oxygens (including phenoxy) is 1. The quantitative estimate of drug-likeness (QED) is 0.233. The topological polar surface area (TPSA) is 137 Å². The lowest BCUT2D eigenvalue weighted by Crippen LogP contribution is -2.32. The number of pyridine rings is 1. The monoisotopic (exact) mass is 392 g/mol. The molecule has 0 atom stereocenters. The number of aromatic nitrogens is 3. The van der Waals surface area contributed by atoms with Crippen molar-refractivity contribution in [2.24, 2.45) is 0 Å². The molecule has 0 radical (unpaired) electrons. The number of nitro groups is 1. The van der Waals surface area contributed by atoms with Crippen LogP contribution >= 0.6 is 11.8 Å². The predicted molar refractivity (Wildman–Crippen MR) is 102 cm³/mol. The molecule has 0 amide bonds. The number of nitrogens with zero attached hydrogens (tertiary/aromatic N) is 5. The van der Waals surface area contributed by atoms with Gasteiger partial charge in [-0.15, -0.1) is 0 Å². The fourth-order valence-corrected chi connectivity index (χ4v) is 2.67. The molecular formula is C16H20N6O4S. The minimum absolute atomic E-state index is 0.0366. The Morgan fingerprint density at radius 1 is 1.41 bits per heavy atom. The first-order chi connectivity index (χ1) is 12.8. The Morgan fingerprint density at radius 2 is 2.15 bits per heavy atom. The van der Waals surface area contributed by atoms with Gasteiger partial charge in [-0.25, -0.2) is 0 Å². The Labute approximate surface area is 160 Å². The van der Waals surface area contributed by atoms with Gasteiger partial charge in [-0.2, -0.15) is 9.97 Å². The van der Waals surface area contributed by atoms with E-state index in [1.807, 2.05) is 19.1 Å². The van der Waals surface area contributed by atoms with Gasteiger partial charge in [0.05, 0.1) is 11.5 Å². The van der Waals surface area contributed by atoms with E-state index < -0.39 is 16.6 Å². The minimum atomic E-state index is -0.652. The van der Waals surface area contributed by atoms with Crippen LogP contribution in [0.2, 0.25) is 0 Å². The molecule has 0 bridgehead atoms. The first-order valence-electron chi connectivity index (χ1n) is 8.03. The molecule has 0 fully saturated rings. The summed E-state index contributed by atoms with van der Waals surface area (Å²) in [6.07, 6.45) is 3.36. The number of hydrogen-bond acceptors (Lipinski definition) is 10. The summed E-state index contributed by atoms with van der Waals surface area (Å²) in [6, 6.07) is 3.64. The third-order valence-corrected chi connectivity index (χ3v) is 4.06. The maximum absolute atomic E-state index is 12.1. The minimum Gasteiger partial charge on any atom is -0.465 e. The smallest absolute Gasteiger partial charge is 0.353 e. The lowest BCUT2D eigenvalue weighted by Gasteiger charge is -2.23. The lowest BCUT2D eigenvalue weighted by molar-refractivity contribution is -0.383. The van der Waals surface area contributed by atoms with Gasteiger partial charge in [-0.05, 0) is 31.7 Å². The van der Waals surface area contributed by atoms with Gasteiger partial charge >= 0.3 is 11.7 Å². The van der Waals surface area contributed by atoms with Crippen molar-refractivity contribution in [3.63, 3.8) is 0 Å². The summed E-state index contributed by atoms with van der Waals surface area (Å²) in [4.78, 5) is 36.8. The summed E-state index contributed by atoms with van der Waals surface area (Å²) in [5, 5.41) is 11.8. The number of rotatable bonds is 8. The van der Waals surface area contributed by atoms with E-state index >= 15 is 0 Å². The third-order valence-electron chi connectivity index (χ3n) is 3.51. The van der Waals surface area contributed by atoms with E-state index in [0.29, 0.717) is 0 Å². The lowest BCUT2D eigenvalue weighted by atomic mass is 10.2. The maximum Gasteiger partial charge on any atom is 0.353 e. The average molecular weight is 392 g/mol. The molecule has 0 spiro atoms. The van der Waals surface area contributed by atoms with Gasteiger partial charge in [-0.1, -0.05) is 17.8 Å². The zero-order chi connectivity index (χ0) is 20.0. The Morgan fingerprint density at radius 3 is 2.70 bits per heavy atom. The van der Waals surface area contributed by atoms with Crippen LogP contribution in [0, 0.1) is 17.0 Å². The summed E-state index contributed by atoms with van der Waals surface area (Å²) < 4.78 is 4.99. The molecule has 11 heteroatoms. The SMILES string of the molecule is CCOC(=O)CN(Cc1ccc(C)nc1)c1nc(SC)nc(N)c1[N+](=O)[O-].